The lowest BCUT2D eigenvalue weighted by molar-refractivity contribution is 0.312. The summed E-state index contributed by atoms with van der Waals surface area (Å²) in [6.07, 6.45) is 7.42. The van der Waals surface area contributed by atoms with E-state index in [1.54, 1.807) is 6.20 Å². The largest absolute Gasteiger partial charge is 0.262 e. The van der Waals surface area contributed by atoms with Gasteiger partial charge in [-0.3, -0.25) is 4.98 Å². The van der Waals surface area contributed by atoms with Crippen LogP contribution in [0.15, 0.2) is 24.9 Å². The summed E-state index contributed by atoms with van der Waals surface area (Å²) < 4.78 is 0. The highest BCUT2D eigenvalue weighted by atomic mass is 14.7. The van der Waals surface area contributed by atoms with E-state index in [4.69, 9.17) is 7.85 Å². The van der Waals surface area contributed by atoms with E-state index < -0.39 is 0 Å². The molecule has 1 aliphatic carbocycles. The van der Waals surface area contributed by atoms with Crippen LogP contribution >= 0.6 is 0 Å². The van der Waals surface area contributed by atoms with Crippen LogP contribution in [0.4, 0.5) is 0 Å². The summed E-state index contributed by atoms with van der Waals surface area (Å²) in [7, 11) is 5.76. The molecule has 2 heteroatoms. The maximum atomic E-state index is 5.76. The third kappa shape index (κ3) is 1.29. The number of nitrogens with zero attached hydrogens (tertiary/aromatic N) is 1. The summed E-state index contributed by atoms with van der Waals surface area (Å²) in [5.74, 6) is 0. The first-order chi connectivity index (χ1) is 6.68. The number of aromatic nitrogens is 1. The number of aryl methyl sites for hydroxylation is 1. The minimum Gasteiger partial charge on any atom is -0.262 e. The molecule has 0 unspecified atom stereocenters. The van der Waals surface area contributed by atoms with Crippen LogP contribution in [0.2, 0.25) is 0 Å². The molecule has 1 aliphatic rings. The maximum Gasteiger partial charge on any atom is 0.115 e. The van der Waals surface area contributed by atoms with Crippen molar-refractivity contribution in [2.75, 3.05) is 0 Å². The fourth-order valence-corrected chi connectivity index (χ4v) is 2.19. The van der Waals surface area contributed by atoms with Gasteiger partial charge >= 0.3 is 0 Å². The topological polar surface area (TPSA) is 12.9 Å². The third-order valence-electron chi connectivity index (χ3n) is 3.28. The number of hydrogen-bond donors (Lipinski definition) is 0. The van der Waals surface area contributed by atoms with Gasteiger partial charge in [0.05, 0.1) is 0 Å². The number of hydrogen-bond acceptors (Lipinski definition) is 1. The third-order valence-corrected chi connectivity index (χ3v) is 3.28. The van der Waals surface area contributed by atoms with Crippen molar-refractivity contribution in [2.24, 2.45) is 0 Å². The molecule has 1 fully saturated rings. The Kier molecular flexibility index (Phi) is 2.22. The Morgan fingerprint density at radius 2 is 2.29 bits per heavy atom. The van der Waals surface area contributed by atoms with Crippen molar-refractivity contribution < 1.29 is 0 Å². The second kappa shape index (κ2) is 3.27. The molecule has 1 aromatic heterocycles. The quantitative estimate of drug-likeness (QED) is 0.503. The molecular formula is C12H14BN. The van der Waals surface area contributed by atoms with Crippen molar-refractivity contribution in [3.05, 3.63) is 36.2 Å². The Morgan fingerprint density at radius 1 is 1.57 bits per heavy atom. The first-order valence-corrected chi connectivity index (χ1v) is 5.04. The molecule has 1 nitrogen and oxygen atoms in total. The van der Waals surface area contributed by atoms with Crippen molar-refractivity contribution in [3.63, 3.8) is 0 Å². The molecule has 2 rings (SSSR count). The van der Waals surface area contributed by atoms with Crippen LogP contribution in [0.1, 0.15) is 30.5 Å². The summed E-state index contributed by atoms with van der Waals surface area (Å²) in [4.78, 5) is 4.30. The van der Waals surface area contributed by atoms with Gasteiger partial charge in [0.15, 0.2) is 0 Å². The monoisotopic (exact) mass is 183 g/mol. The summed E-state index contributed by atoms with van der Waals surface area (Å²) in [6.45, 7) is 5.97. The molecule has 0 spiro atoms. The average molecular weight is 183 g/mol. The van der Waals surface area contributed by atoms with E-state index >= 15 is 0 Å². The van der Waals surface area contributed by atoms with E-state index in [9.17, 15) is 0 Å². The Labute approximate surface area is 86.7 Å². The smallest absolute Gasteiger partial charge is 0.115 e. The van der Waals surface area contributed by atoms with Gasteiger partial charge in [-0.25, -0.2) is 0 Å². The van der Waals surface area contributed by atoms with E-state index in [1.165, 1.54) is 24.8 Å². The summed E-state index contributed by atoms with van der Waals surface area (Å²) >= 11 is 0. The molecule has 0 N–H and O–H groups in total. The van der Waals surface area contributed by atoms with E-state index in [1.807, 2.05) is 13.0 Å². The van der Waals surface area contributed by atoms with Gasteiger partial charge in [0.2, 0.25) is 0 Å². The van der Waals surface area contributed by atoms with E-state index in [-0.39, 0.29) is 5.41 Å². The van der Waals surface area contributed by atoms with Gasteiger partial charge in [-0.15, -0.1) is 6.58 Å². The molecule has 0 saturated heterocycles. The Bertz CT molecular complexity index is 367. The number of rotatable bonds is 2. The van der Waals surface area contributed by atoms with Crippen molar-refractivity contribution in [1.82, 2.24) is 4.98 Å². The van der Waals surface area contributed by atoms with Crippen LogP contribution < -0.4 is 5.46 Å². The van der Waals surface area contributed by atoms with E-state index in [0.717, 1.165) is 11.2 Å². The second-order valence-electron chi connectivity index (χ2n) is 4.12. The predicted molar refractivity (Wildman–Crippen MR) is 60.1 cm³/mol. The molecule has 1 heterocycles. The standard InChI is InChI=1S/C12H14BN/c1-3-12(5-4-6-12)11-7-10(13)8-14-9(11)2/h3,7-8H,1,4-6H2,2H3. The SMILES string of the molecule is [B]c1cnc(C)c(C2(C=C)CCC2)c1. The van der Waals surface area contributed by atoms with E-state index in [0.29, 0.717) is 0 Å². The first kappa shape index (κ1) is 9.51. The summed E-state index contributed by atoms with van der Waals surface area (Å²) in [5.41, 5.74) is 3.25. The van der Waals surface area contributed by atoms with Crippen LogP contribution in [0.3, 0.4) is 0 Å². The summed E-state index contributed by atoms with van der Waals surface area (Å²) in [6, 6.07) is 2.04. The van der Waals surface area contributed by atoms with Gasteiger partial charge in [-0.2, -0.15) is 0 Å². The predicted octanol–water partition coefficient (Wildman–Crippen LogP) is 1.79. The summed E-state index contributed by atoms with van der Waals surface area (Å²) in [5, 5.41) is 0. The fraction of sp³-hybridized carbons (Fsp3) is 0.417. The second-order valence-corrected chi connectivity index (χ2v) is 4.12. The normalized spacial score (nSPS) is 18.6. The van der Waals surface area contributed by atoms with Gasteiger partial charge < -0.3 is 0 Å². The van der Waals surface area contributed by atoms with Crippen molar-refractivity contribution in [2.45, 2.75) is 31.6 Å². The number of allylic oxidation sites excluding steroid dienone is 1. The molecule has 0 aliphatic heterocycles. The van der Waals surface area contributed by atoms with Crippen LogP contribution in [-0.4, -0.2) is 12.8 Å². The zero-order chi connectivity index (χ0) is 10.2. The van der Waals surface area contributed by atoms with Crippen LogP contribution in [0, 0.1) is 6.92 Å². The molecule has 14 heavy (non-hydrogen) atoms. The van der Waals surface area contributed by atoms with E-state index in [2.05, 4.69) is 17.6 Å². The molecule has 1 saturated carbocycles. The highest BCUT2D eigenvalue weighted by Gasteiger charge is 2.36. The minimum absolute atomic E-state index is 0.159. The Hall–Kier alpha value is -1.05. The lowest BCUT2D eigenvalue weighted by Gasteiger charge is -2.40. The molecule has 2 radical (unpaired) electrons. The lowest BCUT2D eigenvalue weighted by Crippen LogP contribution is -2.33. The van der Waals surface area contributed by atoms with Gasteiger partial charge in [0.25, 0.3) is 0 Å². The molecule has 0 aromatic carbocycles. The molecule has 70 valence electrons. The van der Waals surface area contributed by atoms with Gasteiger partial charge in [0.1, 0.15) is 7.85 Å². The molecule has 0 amide bonds. The van der Waals surface area contributed by atoms with Crippen LogP contribution in [0.5, 0.6) is 0 Å². The highest BCUT2D eigenvalue weighted by molar-refractivity contribution is 6.32. The van der Waals surface area contributed by atoms with Gasteiger partial charge in [-0.1, -0.05) is 24.0 Å². The fourth-order valence-electron chi connectivity index (χ4n) is 2.19. The average Bonchev–Trinajstić information content (AvgIpc) is 2.10. The maximum absolute atomic E-state index is 5.76. The zero-order valence-corrected chi connectivity index (χ0v) is 8.59. The van der Waals surface area contributed by atoms with Crippen molar-refractivity contribution in [1.29, 1.82) is 0 Å². The molecular weight excluding hydrogens is 169 g/mol. The Morgan fingerprint density at radius 3 is 2.79 bits per heavy atom. The van der Waals surface area contributed by atoms with Gasteiger partial charge in [0, 0.05) is 17.3 Å². The first-order valence-electron chi connectivity index (χ1n) is 5.04. The van der Waals surface area contributed by atoms with Crippen LogP contribution in [-0.2, 0) is 5.41 Å². The van der Waals surface area contributed by atoms with Gasteiger partial charge in [-0.05, 0) is 25.3 Å². The Balaban J connectivity index is 2.48. The molecule has 0 atom stereocenters. The molecule has 0 bridgehead atoms. The van der Waals surface area contributed by atoms with Crippen LogP contribution in [0.25, 0.3) is 0 Å². The minimum atomic E-state index is 0.159. The highest BCUT2D eigenvalue weighted by Crippen LogP contribution is 2.45. The molecule has 1 aromatic rings. The zero-order valence-electron chi connectivity index (χ0n) is 8.59. The van der Waals surface area contributed by atoms with Crippen molar-refractivity contribution >= 4 is 13.3 Å². The lowest BCUT2D eigenvalue weighted by atomic mass is 9.63. The number of pyridine rings is 1. The van der Waals surface area contributed by atoms with Crippen molar-refractivity contribution in [3.8, 4) is 0 Å².